The molecule has 0 radical (unpaired) electrons. The summed E-state index contributed by atoms with van der Waals surface area (Å²) in [6, 6.07) is 0. The predicted molar refractivity (Wildman–Crippen MR) is 103 cm³/mol. The van der Waals surface area contributed by atoms with Crippen molar-refractivity contribution in [2.24, 2.45) is 34.5 Å². The third-order valence-corrected chi connectivity index (χ3v) is 9.68. The highest BCUT2D eigenvalue weighted by Crippen LogP contribution is 2.70. The monoisotopic (exact) mass is 412 g/mol. The number of rotatable bonds is 2. The van der Waals surface area contributed by atoms with E-state index in [1.54, 1.807) is 6.92 Å². The van der Waals surface area contributed by atoms with Crippen LogP contribution in [0.2, 0.25) is 0 Å². The van der Waals surface area contributed by atoms with Crippen molar-refractivity contribution in [1.82, 2.24) is 0 Å². The van der Waals surface area contributed by atoms with Crippen molar-refractivity contribution in [3.05, 3.63) is 0 Å². The summed E-state index contributed by atoms with van der Waals surface area (Å²) in [7, 11) is 0. The largest absolute Gasteiger partial charge is 0.381 e. The molecule has 0 amide bonds. The first-order valence-corrected chi connectivity index (χ1v) is 11.1. The number of alkyl halides is 2. The van der Waals surface area contributed by atoms with Gasteiger partial charge in [0.15, 0.2) is 17.2 Å². The minimum Gasteiger partial charge on any atom is -0.381 e. The molecule has 8 atom stereocenters. The first-order chi connectivity index (χ1) is 13.0. The lowest BCUT2D eigenvalue weighted by molar-refractivity contribution is -0.207. The molecule has 156 valence electrons. The average molecular weight is 413 g/mol. The van der Waals surface area contributed by atoms with Crippen LogP contribution in [0.25, 0.3) is 0 Å². The Morgan fingerprint density at radius 2 is 1.89 bits per heavy atom. The topological polar surface area (TPSA) is 71.4 Å². The van der Waals surface area contributed by atoms with Gasteiger partial charge in [0.1, 0.15) is 11.4 Å². The molecular weight excluding hydrogens is 383 g/mol. The molecule has 0 unspecified atom stereocenters. The number of aliphatic hydroxyl groups is 1. The average Bonchev–Trinajstić information content (AvgIpc) is 2.84. The molecule has 0 heterocycles. The van der Waals surface area contributed by atoms with Crippen LogP contribution in [0.15, 0.2) is 0 Å². The third-order valence-electron chi connectivity index (χ3n) is 9.44. The lowest BCUT2D eigenvalue weighted by Gasteiger charge is -2.62. The van der Waals surface area contributed by atoms with Gasteiger partial charge in [-0.2, -0.15) is 0 Å². The minimum absolute atomic E-state index is 0.106. The van der Waals surface area contributed by atoms with Gasteiger partial charge < -0.3 is 5.11 Å². The maximum atomic E-state index is 16.9. The van der Waals surface area contributed by atoms with Crippen LogP contribution in [0, 0.1) is 34.5 Å². The van der Waals surface area contributed by atoms with E-state index in [1.807, 2.05) is 13.8 Å². The third kappa shape index (κ3) is 2.13. The number of Topliss-reactive ketones (excluding diaryl/α,β-unsaturated/α-hetero) is 3. The van der Waals surface area contributed by atoms with Crippen molar-refractivity contribution in [1.29, 1.82) is 0 Å². The fourth-order valence-corrected chi connectivity index (χ4v) is 8.00. The van der Waals surface area contributed by atoms with Crippen LogP contribution >= 0.6 is 11.6 Å². The Kier molecular flexibility index (Phi) is 4.46. The molecule has 0 saturated heterocycles. The van der Waals surface area contributed by atoms with Crippen molar-refractivity contribution in [3.63, 3.8) is 0 Å². The molecule has 0 aliphatic heterocycles. The predicted octanol–water partition coefficient (Wildman–Crippen LogP) is 3.65. The summed E-state index contributed by atoms with van der Waals surface area (Å²) in [6.07, 6.45) is 2.69. The number of halogens is 2. The smallest absolute Gasteiger partial charge is 0.179 e. The van der Waals surface area contributed by atoms with Crippen LogP contribution in [0.1, 0.15) is 65.7 Å². The first kappa shape index (κ1) is 20.5. The molecule has 4 nitrogen and oxygen atoms in total. The summed E-state index contributed by atoms with van der Waals surface area (Å²) in [5.41, 5.74) is -5.53. The lowest BCUT2D eigenvalue weighted by Crippen LogP contribution is -2.69. The molecule has 28 heavy (non-hydrogen) atoms. The molecule has 0 spiro atoms. The SMILES string of the molecule is C[C@@H]1C[C@H]2[C@@H]3CC[C@H]4CC(=O)CC[C@]4(C)[C@@]3(F)C(=O)C[C@]2(C)[C@@]1(O)C(=O)CCl. The van der Waals surface area contributed by atoms with Crippen LogP contribution in [0.4, 0.5) is 4.39 Å². The van der Waals surface area contributed by atoms with Gasteiger partial charge >= 0.3 is 0 Å². The van der Waals surface area contributed by atoms with E-state index in [0.29, 0.717) is 38.5 Å². The Morgan fingerprint density at radius 3 is 2.54 bits per heavy atom. The number of carbonyl (C=O) groups is 3. The van der Waals surface area contributed by atoms with Gasteiger partial charge in [0.2, 0.25) is 0 Å². The molecule has 0 aromatic rings. The molecule has 4 aliphatic carbocycles. The second-order valence-corrected chi connectivity index (χ2v) is 10.6. The summed E-state index contributed by atoms with van der Waals surface area (Å²) in [5.74, 6) is -2.36. The lowest BCUT2D eigenvalue weighted by atomic mass is 9.42. The van der Waals surface area contributed by atoms with Gasteiger partial charge in [-0.15, -0.1) is 11.6 Å². The van der Waals surface area contributed by atoms with Crippen molar-refractivity contribution in [2.75, 3.05) is 5.88 Å². The Morgan fingerprint density at radius 1 is 1.21 bits per heavy atom. The van der Waals surface area contributed by atoms with E-state index in [1.165, 1.54) is 0 Å². The molecule has 6 heteroatoms. The van der Waals surface area contributed by atoms with Gasteiger partial charge in [-0.25, -0.2) is 4.39 Å². The zero-order valence-electron chi connectivity index (χ0n) is 16.9. The second kappa shape index (κ2) is 6.10. The molecule has 4 aliphatic rings. The summed E-state index contributed by atoms with van der Waals surface area (Å²) in [5, 5.41) is 11.5. The molecule has 0 bridgehead atoms. The number of fused-ring (bicyclic) bond motifs is 5. The van der Waals surface area contributed by atoms with E-state index < -0.39 is 39.6 Å². The van der Waals surface area contributed by atoms with Gasteiger partial charge in [-0.05, 0) is 43.4 Å². The number of carbonyl (C=O) groups excluding carboxylic acids is 3. The molecule has 0 aromatic heterocycles. The summed E-state index contributed by atoms with van der Waals surface area (Å²) in [6.45, 7) is 5.44. The van der Waals surface area contributed by atoms with E-state index in [9.17, 15) is 19.5 Å². The quantitative estimate of drug-likeness (QED) is 0.702. The van der Waals surface area contributed by atoms with Crippen molar-refractivity contribution < 1.29 is 23.9 Å². The van der Waals surface area contributed by atoms with Crippen LogP contribution < -0.4 is 0 Å². The van der Waals surface area contributed by atoms with E-state index in [2.05, 4.69) is 0 Å². The summed E-state index contributed by atoms with van der Waals surface area (Å²) < 4.78 is 16.9. The fourth-order valence-electron chi connectivity index (χ4n) is 7.80. The van der Waals surface area contributed by atoms with Crippen LogP contribution in [-0.2, 0) is 14.4 Å². The Hall–Kier alpha value is -0.810. The molecule has 0 aromatic carbocycles. The molecule has 1 N–H and O–H groups in total. The second-order valence-electron chi connectivity index (χ2n) is 10.3. The highest BCUT2D eigenvalue weighted by atomic mass is 35.5. The van der Waals surface area contributed by atoms with Crippen LogP contribution in [0.5, 0.6) is 0 Å². The van der Waals surface area contributed by atoms with Crippen LogP contribution in [0.3, 0.4) is 0 Å². The van der Waals surface area contributed by atoms with E-state index in [-0.39, 0.29) is 35.8 Å². The van der Waals surface area contributed by atoms with E-state index in [0.717, 1.165) is 0 Å². The normalized spacial score (nSPS) is 53.4. The summed E-state index contributed by atoms with van der Waals surface area (Å²) >= 11 is 5.81. The summed E-state index contributed by atoms with van der Waals surface area (Å²) in [4.78, 5) is 38.1. The standard InChI is InChI=1S/C22H30ClFO4/c1-12-8-16-15-5-4-13-9-14(25)6-7-19(13,2)21(15,24)17(26)10-20(16,3)22(12,28)18(27)11-23/h12-13,15-16,28H,4-11H2,1-3H3/t12-,13+,15+,16+,19+,20+,21+,22+/m1/s1. The van der Waals surface area contributed by atoms with E-state index >= 15 is 4.39 Å². The number of hydrogen-bond donors (Lipinski definition) is 1. The van der Waals surface area contributed by atoms with Crippen molar-refractivity contribution in [2.45, 2.75) is 77.0 Å². The van der Waals surface area contributed by atoms with Gasteiger partial charge in [0.05, 0.1) is 5.88 Å². The Balaban J connectivity index is 1.80. The highest BCUT2D eigenvalue weighted by molar-refractivity contribution is 6.29. The van der Waals surface area contributed by atoms with Crippen molar-refractivity contribution >= 4 is 29.0 Å². The minimum atomic E-state index is -1.99. The maximum absolute atomic E-state index is 16.9. The van der Waals surface area contributed by atoms with Crippen LogP contribution in [-0.4, -0.2) is 39.6 Å². The molecule has 4 saturated carbocycles. The number of hydrogen-bond acceptors (Lipinski definition) is 4. The molecule has 4 fully saturated rings. The van der Waals surface area contributed by atoms with Gasteiger partial charge in [-0.1, -0.05) is 20.8 Å². The Labute approximate surface area is 170 Å². The molecular formula is C22H30ClFO4. The van der Waals surface area contributed by atoms with Crippen molar-refractivity contribution in [3.8, 4) is 0 Å². The Bertz CT molecular complexity index is 755. The zero-order chi connectivity index (χ0) is 20.7. The van der Waals surface area contributed by atoms with E-state index in [4.69, 9.17) is 11.6 Å². The van der Waals surface area contributed by atoms with Gasteiger partial charge in [0, 0.05) is 36.0 Å². The van der Waals surface area contributed by atoms with Gasteiger partial charge in [0.25, 0.3) is 0 Å². The fraction of sp³-hybridized carbons (Fsp3) is 0.864. The molecule has 4 rings (SSSR count). The maximum Gasteiger partial charge on any atom is 0.179 e. The zero-order valence-corrected chi connectivity index (χ0v) is 17.7. The highest BCUT2D eigenvalue weighted by Gasteiger charge is 2.76. The van der Waals surface area contributed by atoms with Gasteiger partial charge in [-0.3, -0.25) is 14.4 Å². The number of ketones is 3. The first-order valence-electron chi connectivity index (χ1n) is 10.5.